The van der Waals surface area contributed by atoms with Crippen LogP contribution in [0.15, 0.2) is 35.6 Å². The van der Waals surface area contributed by atoms with Crippen LogP contribution < -0.4 is 0 Å². The molecule has 3 fully saturated rings. The number of rotatable bonds is 8. The Bertz CT molecular complexity index is 1570. The summed E-state index contributed by atoms with van der Waals surface area (Å²) in [6.45, 7) is 14.2. The van der Waals surface area contributed by atoms with Crippen LogP contribution in [0.2, 0.25) is 0 Å². The average Bonchev–Trinajstić information content (AvgIpc) is 3.22. The van der Waals surface area contributed by atoms with Gasteiger partial charge in [-0.15, -0.1) is 0 Å². The lowest BCUT2D eigenvalue weighted by Crippen LogP contribution is -2.64. The number of fused-ring (bicyclic) bond motifs is 5. The van der Waals surface area contributed by atoms with E-state index in [1.165, 1.54) is 19.9 Å². The van der Waals surface area contributed by atoms with E-state index in [1.807, 2.05) is 26.8 Å². The van der Waals surface area contributed by atoms with E-state index in [9.17, 15) is 49.8 Å². The van der Waals surface area contributed by atoms with Crippen molar-refractivity contribution in [3.63, 3.8) is 0 Å². The Morgan fingerprint density at radius 2 is 1.63 bits per heavy atom. The second-order valence-electron chi connectivity index (χ2n) is 17.2. The van der Waals surface area contributed by atoms with Crippen molar-refractivity contribution >= 4 is 23.3 Å². The molecule has 13 atom stereocenters. The number of aliphatic hydroxyl groups excluding tert-OH is 5. The number of hydrogen-bond donors (Lipinski definition) is 6. The summed E-state index contributed by atoms with van der Waals surface area (Å²) in [4.78, 5) is 53.9. The largest absolute Gasteiger partial charge is 0.459 e. The van der Waals surface area contributed by atoms with E-state index >= 15 is 0 Å². The van der Waals surface area contributed by atoms with E-state index in [-0.39, 0.29) is 24.4 Å². The van der Waals surface area contributed by atoms with Gasteiger partial charge in [0.1, 0.15) is 41.4 Å². The Hall–Kier alpha value is -2.78. The highest BCUT2D eigenvalue weighted by Crippen LogP contribution is 2.73. The molecule has 0 aromatic heterocycles. The number of hydrogen-bond acceptors (Lipinski definition) is 13. The van der Waals surface area contributed by atoms with Crippen molar-refractivity contribution in [2.75, 3.05) is 6.61 Å². The first kappa shape index (κ1) is 39.4. The molecule has 1 heterocycles. The topological polar surface area (TPSA) is 217 Å². The Kier molecular flexibility index (Phi) is 9.80. The van der Waals surface area contributed by atoms with Crippen LogP contribution in [-0.4, -0.2) is 109 Å². The number of esters is 1. The molecule has 13 heteroatoms. The fourth-order valence-electron chi connectivity index (χ4n) is 10.3. The molecule has 0 radical (unpaired) electrons. The van der Waals surface area contributed by atoms with Crippen molar-refractivity contribution in [1.82, 2.24) is 0 Å². The molecule has 5 aliphatic rings. The van der Waals surface area contributed by atoms with Gasteiger partial charge in [-0.3, -0.25) is 19.2 Å². The van der Waals surface area contributed by atoms with E-state index in [0.717, 1.165) is 6.08 Å². The second-order valence-corrected chi connectivity index (χ2v) is 17.2. The van der Waals surface area contributed by atoms with Crippen LogP contribution in [0, 0.1) is 39.4 Å². The summed E-state index contributed by atoms with van der Waals surface area (Å²) in [6, 6.07) is 0. The van der Waals surface area contributed by atoms with Gasteiger partial charge in [-0.25, -0.2) is 0 Å². The van der Waals surface area contributed by atoms with Crippen LogP contribution in [-0.2, 0) is 33.4 Å². The SMILES string of the molecule is CC(=O)OC(C)(C)/C=C/C(=O)[C@](C)(O)[C@H]1C(O)C[C@@]2(C)[C@@H]3CC=C4[C@@H](C=C(O[C@@H]5O[C@H](CO)[C@@H](O)[C@H](O)[C@H]5O)C(=O)C4(C)C)[C@]3(C)C(=O)C[C@]12C. The van der Waals surface area contributed by atoms with Crippen LogP contribution in [0.25, 0.3) is 0 Å². The third-order valence-electron chi connectivity index (χ3n) is 13.3. The number of allylic oxidation sites excluding steroid dienone is 4. The van der Waals surface area contributed by atoms with E-state index in [4.69, 9.17) is 14.2 Å². The maximum Gasteiger partial charge on any atom is 0.303 e. The summed E-state index contributed by atoms with van der Waals surface area (Å²) in [6.07, 6.45) is -2.57. The molecule has 0 aromatic rings. The standard InChI is InChI=1S/C38H54O13/c1-18(40)51-33(2,3)13-12-25(42)38(9,48)30-21(41)15-35(6)24-11-10-19-20(37(24,8)26(43)16-36(30,35)7)14-22(31(47)34(19,4)5)49-32-29(46)28(45)27(44)23(17-39)50-32/h10,12-14,20-21,23-24,27-30,32,39,41,44-46,48H,11,15-17H2,1-9H3/b13-12+/t20-,21?,23-,24+,27-,28+,29-,30+,32-,35+,36-,37+,38+/m1/s1. The molecule has 0 bridgehead atoms. The van der Waals surface area contributed by atoms with Crippen molar-refractivity contribution in [2.45, 2.75) is 130 Å². The van der Waals surface area contributed by atoms with Crippen LogP contribution in [0.1, 0.15) is 81.6 Å². The number of aliphatic hydroxyl groups is 6. The van der Waals surface area contributed by atoms with E-state index in [0.29, 0.717) is 12.0 Å². The summed E-state index contributed by atoms with van der Waals surface area (Å²) in [5, 5.41) is 64.6. The van der Waals surface area contributed by atoms with Gasteiger partial charge in [0.2, 0.25) is 12.1 Å². The van der Waals surface area contributed by atoms with E-state index in [1.54, 1.807) is 33.8 Å². The highest BCUT2D eigenvalue weighted by molar-refractivity contribution is 6.02. The maximum atomic E-state index is 14.8. The van der Waals surface area contributed by atoms with Crippen LogP contribution in [0.4, 0.5) is 0 Å². The predicted molar refractivity (Wildman–Crippen MR) is 180 cm³/mol. The normalized spacial score (nSPS) is 43.3. The molecule has 1 unspecified atom stereocenters. The van der Waals surface area contributed by atoms with Crippen molar-refractivity contribution < 1.29 is 64.0 Å². The quantitative estimate of drug-likeness (QED) is 0.119. The van der Waals surface area contributed by atoms with Gasteiger partial charge in [-0.1, -0.05) is 32.4 Å². The summed E-state index contributed by atoms with van der Waals surface area (Å²) in [5.41, 5.74) is -6.62. The van der Waals surface area contributed by atoms with Gasteiger partial charge >= 0.3 is 5.97 Å². The number of Topliss-reactive ketones (excluding diaryl/α,β-unsaturated/α-hetero) is 2. The summed E-state index contributed by atoms with van der Waals surface area (Å²) in [5.74, 6) is -4.17. The van der Waals surface area contributed by atoms with Gasteiger partial charge < -0.3 is 44.8 Å². The van der Waals surface area contributed by atoms with Crippen molar-refractivity contribution in [1.29, 1.82) is 0 Å². The summed E-state index contributed by atoms with van der Waals surface area (Å²) >= 11 is 0. The van der Waals surface area contributed by atoms with E-state index < -0.39 is 112 Å². The molecule has 5 rings (SSSR count). The molecular weight excluding hydrogens is 664 g/mol. The average molecular weight is 719 g/mol. The Morgan fingerprint density at radius 3 is 2.22 bits per heavy atom. The molecule has 0 aromatic carbocycles. The number of ether oxygens (including phenoxy) is 3. The molecule has 1 saturated heterocycles. The first-order chi connectivity index (χ1) is 23.3. The number of carbonyl (C=O) groups is 4. The van der Waals surface area contributed by atoms with Gasteiger partial charge in [0.15, 0.2) is 11.5 Å². The third kappa shape index (κ3) is 5.87. The lowest BCUT2D eigenvalue weighted by molar-refractivity contribution is -0.291. The molecule has 0 spiro atoms. The zero-order valence-electron chi connectivity index (χ0n) is 30.9. The molecule has 6 N–H and O–H groups in total. The minimum atomic E-state index is -2.09. The van der Waals surface area contributed by atoms with Crippen LogP contribution in [0.3, 0.4) is 0 Å². The first-order valence-corrected chi connectivity index (χ1v) is 17.6. The number of carbonyl (C=O) groups excluding carboxylic acids is 4. The van der Waals surface area contributed by atoms with Gasteiger partial charge in [-0.2, -0.15) is 0 Å². The fourth-order valence-corrected chi connectivity index (χ4v) is 10.3. The molecule has 284 valence electrons. The van der Waals surface area contributed by atoms with E-state index in [2.05, 4.69) is 0 Å². The molecule has 51 heavy (non-hydrogen) atoms. The molecular formula is C38H54O13. The molecule has 2 saturated carbocycles. The third-order valence-corrected chi connectivity index (χ3v) is 13.3. The van der Waals surface area contributed by atoms with Gasteiger partial charge in [0, 0.05) is 30.6 Å². The second kappa shape index (κ2) is 12.7. The maximum absolute atomic E-state index is 14.8. The summed E-state index contributed by atoms with van der Waals surface area (Å²) in [7, 11) is 0. The Morgan fingerprint density at radius 1 is 1.00 bits per heavy atom. The van der Waals surface area contributed by atoms with Gasteiger partial charge in [-0.05, 0) is 82.4 Å². The lowest BCUT2D eigenvalue weighted by atomic mass is 9.39. The smallest absolute Gasteiger partial charge is 0.303 e. The van der Waals surface area contributed by atoms with Crippen LogP contribution >= 0.6 is 0 Å². The molecule has 13 nitrogen and oxygen atoms in total. The summed E-state index contributed by atoms with van der Waals surface area (Å²) < 4.78 is 16.7. The van der Waals surface area contributed by atoms with Crippen LogP contribution in [0.5, 0.6) is 0 Å². The molecule has 0 amide bonds. The predicted octanol–water partition coefficient (Wildman–Crippen LogP) is 1.45. The fraction of sp³-hybridized carbons (Fsp3) is 0.737. The zero-order chi connectivity index (χ0) is 38.4. The minimum Gasteiger partial charge on any atom is -0.459 e. The first-order valence-electron chi connectivity index (χ1n) is 17.6. The minimum absolute atomic E-state index is 0.0841. The highest BCUT2D eigenvalue weighted by Gasteiger charge is 2.74. The van der Waals surface area contributed by atoms with Crippen molar-refractivity contribution in [3.8, 4) is 0 Å². The number of ketones is 3. The van der Waals surface area contributed by atoms with Gasteiger partial charge in [0.25, 0.3) is 0 Å². The lowest BCUT2D eigenvalue weighted by Gasteiger charge is -2.63. The molecule has 4 aliphatic carbocycles. The van der Waals surface area contributed by atoms with Crippen molar-refractivity contribution in [3.05, 3.63) is 35.6 Å². The monoisotopic (exact) mass is 718 g/mol. The Labute approximate surface area is 298 Å². The molecule has 1 aliphatic heterocycles. The Balaban J connectivity index is 1.52. The van der Waals surface area contributed by atoms with Crippen molar-refractivity contribution in [2.24, 2.45) is 39.4 Å². The van der Waals surface area contributed by atoms with Gasteiger partial charge in [0.05, 0.1) is 18.1 Å². The highest BCUT2D eigenvalue weighted by atomic mass is 16.7. The zero-order valence-corrected chi connectivity index (χ0v) is 30.9.